The van der Waals surface area contributed by atoms with E-state index < -0.39 is 17.0 Å². The Kier molecular flexibility index (Phi) is 5.37. The topological polar surface area (TPSA) is 0 Å². The molecule has 0 amide bonds. The minimum absolute atomic E-state index is 0.215. The molecular weight excluding hydrogens is 266 g/mol. The van der Waals surface area contributed by atoms with Gasteiger partial charge in [0.1, 0.15) is 11.6 Å². The van der Waals surface area contributed by atoms with Gasteiger partial charge in [-0.15, -0.1) is 11.6 Å². The number of aryl methyl sites for hydroxylation is 1. The van der Waals surface area contributed by atoms with E-state index in [1.54, 1.807) is 6.92 Å². The molecule has 0 aromatic heterocycles. The van der Waals surface area contributed by atoms with Crippen molar-refractivity contribution in [2.24, 2.45) is 11.3 Å². The summed E-state index contributed by atoms with van der Waals surface area (Å²) in [5.74, 6) is -0.446. The van der Waals surface area contributed by atoms with Crippen molar-refractivity contribution in [3.8, 4) is 0 Å². The Bertz CT molecular complexity index is 435. The molecule has 0 aliphatic carbocycles. The monoisotopic (exact) mass is 288 g/mol. The van der Waals surface area contributed by atoms with Crippen LogP contribution in [0.2, 0.25) is 0 Å². The molecule has 0 nitrogen and oxygen atoms in total. The molecule has 0 bridgehead atoms. The summed E-state index contributed by atoms with van der Waals surface area (Å²) in [6.45, 7) is 10.1. The molecule has 0 N–H and O–H groups in total. The highest BCUT2D eigenvalue weighted by atomic mass is 35.5. The standard InChI is InChI=1S/C16H23ClF2/c1-10(9-16(3,4)5)6-13(17)12-8-14(18)11(2)7-15(12)19/h7-8,10,13H,6,9H2,1-5H3. The van der Waals surface area contributed by atoms with Gasteiger partial charge in [0.25, 0.3) is 0 Å². The van der Waals surface area contributed by atoms with E-state index in [4.69, 9.17) is 11.6 Å². The molecule has 1 rings (SSSR count). The van der Waals surface area contributed by atoms with Crippen LogP contribution in [0, 0.1) is 29.9 Å². The lowest BCUT2D eigenvalue weighted by atomic mass is 9.83. The van der Waals surface area contributed by atoms with Crippen molar-refractivity contribution in [1.29, 1.82) is 0 Å². The minimum atomic E-state index is -0.479. The van der Waals surface area contributed by atoms with Crippen molar-refractivity contribution in [3.05, 3.63) is 34.9 Å². The summed E-state index contributed by atoms with van der Waals surface area (Å²) in [6, 6.07) is 2.45. The fourth-order valence-corrected chi connectivity index (χ4v) is 2.98. The van der Waals surface area contributed by atoms with E-state index in [1.807, 2.05) is 0 Å². The van der Waals surface area contributed by atoms with E-state index in [-0.39, 0.29) is 11.0 Å². The predicted molar refractivity (Wildman–Crippen MR) is 77.5 cm³/mol. The molecule has 1 aromatic carbocycles. The van der Waals surface area contributed by atoms with Crippen molar-refractivity contribution in [2.75, 3.05) is 0 Å². The highest BCUT2D eigenvalue weighted by Crippen LogP contribution is 2.35. The van der Waals surface area contributed by atoms with Gasteiger partial charge < -0.3 is 0 Å². The first kappa shape index (κ1) is 16.4. The third-order valence-corrected chi connectivity index (χ3v) is 3.60. The first-order chi connectivity index (χ1) is 8.60. The second-order valence-corrected chi connectivity index (χ2v) is 7.22. The average Bonchev–Trinajstić information content (AvgIpc) is 2.20. The van der Waals surface area contributed by atoms with Crippen LogP contribution in [0.15, 0.2) is 12.1 Å². The molecule has 3 heteroatoms. The molecule has 0 aliphatic heterocycles. The molecule has 0 saturated heterocycles. The lowest BCUT2D eigenvalue weighted by Gasteiger charge is -2.25. The number of halogens is 3. The largest absolute Gasteiger partial charge is 0.207 e. The molecule has 1 aromatic rings. The molecule has 0 fully saturated rings. The molecule has 0 radical (unpaired) electrons. The zero-order valence-corrected chi connectivity index (χ0v) is 13.1. The Hall–Kier alpha value is -0.630. The number of benzene rings is 1. The van der Waals surface area contributed by atoms with Crippen LogP contribution in [-0.2, 0) is 0 Å². The van der Waals surface area contributed by atoms with Crippen molar-refractivity contribution >= 4 is 11.6 Å². The second kappa shape index (κ2) is 6.21. The highest BCUT2D eigenvalue weighted by Gasteiger charge is 2.21. The quantitative estimate of drug-likeness (QED) is 0.595. The molecule has 19 heavy (non-hydrogen) atoms. The van der Waals surface area contributed by atoms with Gasteiger partial charge in [-0.2, -0.15) is 0 Å². The molecular formula is C16H23ClF2. The van der Waals surface area contributed by atoms with Crippen LogP contribution in [-0.4, -0.2) is 0 Å². The summed E-state index contributed by atoms with van der Waals surface area (Å²) in [5, 5.41) is -0.479. The smallest absolute Gasteiger partial charge is 0.128 e. The van der Waals surface area contributed by atoms with Crippen LogP contribution >= 0.6 is 11.6 Å². The molecule has 0 heterocycles. The first-order valence-electron chi connectivity index (χ1n) is 6.70. The fourth-order valence-electron chi connectivity index (χ4n) is 2.51. The first-order valence-corrected chi connectivity index (χ1v) is 7.13. The Morgan fingerprint density at radius 2 is 1.74 bits per heavy atom. The number of alkyl halides is 1. The Labute approximate surface area is 120 Å². The lowest BCUT2D eigenvalue weighted by Crippen LogP contribution is -2.13. The molecule has 108 valence electrons. The number of rotatable bonds is 4. The molecule has 0 saturated carbocycles. The van der Waals surface area contributed by atoms with Gasteiger partial charge in [-0.25, -0.2) is 8.78 Å². The maximum Gasteiger partial charge on any atom is 0.128 e. The van der Waals surface area contributed by atoms with E-state index in [9.17, 15) is 8.78 Å². The van der Waals surface area contributed by atoms with Gasteiger partial charge in [0.05, 0.1) is 5.38 Å². The van der Waals surface area contributed by atoms with Gasteiger partial charge in [0.2, 0.25) is 0 Å². The molecule has 2 unspecified atom stereocenters. The third kappa shape index (κ3) is 5.10. The average molecular weight is 289 g/mol. The Balaban J connectivity index is 2.78. The van der Waals surface area contributed by atoms with Crippen LogP contribution in [0.3, 0.4) is 0 Å². The SMILES string of the molecule is Cc1cc(F)c(C(Cl)CC(C)CC(C)(C)C)cc1F. The van der Waals surface area contributed by atoms with Crippen LogP contribution < -0.4 is 0 Å². The number of hydrogen-bond donors (Lipinski definition) is 0. The van der Waals surface area contributed by atoms with Crippen LogP contribution in [0.5, 0.6) is 0 Å². The van der Waals surface area contributed by atoms with Crippen molar-refractivity contribution in [1.82, 2.24) is 0 Å². The summed E-state index contributed by atoms with van der Waals surface area (Å²) in [6.07, 6.45) is 1.66. The zero-order chi connectivity index (χ0) is 14.8. The third-order valence-electron chi connectivity index (χ3n) is 3.19. The maximum absolute atomic E-state index is 13.8. The normalized spacial score (nSPS) is 15.4. The van der Waals surface area contributed by atoms with Gasteiger partial charge in [-0.3, -0.25) is 0 Å². The van der Waals surface area contributed by atoms with Gasteiger partial charge in [0.15, 0.2) is 0 Å². The van der Waals surface area contributed by atoms with Gasteiger partial charge in [-0.1, -0.05) is 27.7 Å². The van der Waals surface area contributed by atoms with E-state index in [0.29, 0.717) is 17.9 Å². The van der Waals surface area contributed by atoms with Crippen LogP contribution in [0.4, 0.5) is 8.78 Å². The summed E-state index contributed by atoms with van der Waals surface area (Å²) in [5.41, 5.74) is 0.797. The summed E-state index contributed by atoms with van der Waals surface area (Å²) < 4.78 is 27.3. The van der Waals surface area contributed by atoms with Crippen molar-refractivity contribution in [3.63, 3.8) is 0 Å². The van der Waals surface area contributed by atoms with E-state index in [0.717, 1.165) is 6.42 Å². The van der Waals surface area contributed by atoms with Gasteiger partial charge in [0, 0.05) is 5.56 Å². The maximum atomic E-state index is 13.8. The van der Waals surface area contributed by atoms with Crippen LogP contribution in [0.1, 0.15) is 57.0 Å². The summed E-state index contributed by atoms with van der Waals surface area (Å²) in [4.78, 5) is 0. The molecule has 0 spiro atoms. The highest BCUT2D eigenvalue weighted by molar-refractivity contribution is 6.20. The summed E-state index contributed by atoms with van der Waals surface area (Å²) >= 11 is 6.25. The van der Waals surface area contributed by atoms with E-state index in [2.05, 4.69) is 27.7 Å². The van der Waals surface area contributed by atoms with Gasteiger partial charge in [-0.05, 0) is 48.8 Å². The lowest BCUT2D eigenvalue weighted by molar-refractivity contribution is 0.294. The Morgan fingerprint density at radius 1 is 1.16 bits per heavy atom. The molecule has 2 atom stereocenters. The van der Waals surface area contributed by atoms with Crippen molar-refractivity contribution in [2.45, 2.75) is 52.8 Å². The Morgan fingerprint density at radius 3 is 2.26 bits per heavy atom. The second-order valence-electron chi connectivity index (χ2n) is 6.70. The summed E-state index contributed by atoms with van der Waals surface area (Å²) in [7, 11) is 0. The number of hydrogen-bond acceptors (Lipinski definition) is 0. The van der Waals surface area contributed by atoms with Crippen molar-refractivity contribution < 1.29 is 8.78 Å². The van der Waals surface area contributed by atoms with E-state index >= 15 is 0 Å². The predicted octanol–water partition coefficient (Wildman–Crippen LogP) is 6.02. The van der Waals surface area contributed by atoms with Gasteiger partial charge >= 0.3 is 0 Å². The zero-order valence-electron chi connectivity index (χ0n) is 12.4. The molecule has 0 aliphatic rings. The minimum Gasteiger partial charge on any atom is -0.207 e. The van der Waals surface area contributed by atoms with E-state index in [1.165, 1.54) is 12.1 Å². The van der Waals surface area contributed by atoms with Crippen LogP contribution in [0.25, 0.3) is 0 Å². The fraction of sp³-hybridized carbons (Fsp3) is 0.625.